The van der Waals surface area contributed by atoms with E-state index in [0.717, 1.165) is 4.90 Å². The third-order valence-corrected chi connectivity index (χ3v) is 3.88. The fourth-order valence-corrected chi connectivity index (χ4v) is 2.56. The number of amides is 1. The molecule has 1 amide bonds. The fraction of sp³-hybridized carbons (Fsp3) is 0.308. The van der Waals surface area contributed by atoms with Crippen molar-refractivity contribution in [1.82, 2.24) is 20.1 Å². The first-order valence-electron chi connectivity index (χ1n) is 5.93. The SMILES string of the molecule is Cc1ccccc1SCC(=O)N(C)Cc1ncn[nH]1. The first-order valence-corrected chi connectivity index (χ1v) is 6.92. The number of hydrogen-bond donors (Lipinski definition) is 1. The van der Waals surface area contributed by atoms with Gasteiger partial charge in [-0.25, -0.2) is 4.98 Å². The van der Waals surface area contributed by atoms with Crippen LogP contribution in [0.5, 0.6) is 0 Å². The number of H-pyrrole nitrogens is 1. The zero-order valence-electron chi connectivity index (χ0n) is 11.0. The number of rotatable bonds is 5. The van der Waals surface area contributed by atoms with E-state index in [1.54, 1.807) is 23.7 Å². The molecule has 1 heterocycles. The monoisotopic (exact) mass is 276 g/mol. The highest BCUT2D eigenvalue weighted by Crippen LogP contribution is 2.21. The van der Waals surface area contributed by atoms with E-state index in [4.69, 9.17) is 0 Å². The first-order chi connectivity index (χ1) is 9.16. The van der Waals surface area contributed by atoms with Gasteiger partial charge in [0.05, 0.1) is 12.3 Å². The molecule has 1 aromatic heterocycles. The minimum atomic E-state index is 0.0738. The lowest BCUT2D eigenvalue weighted by atomic mass is 10.2. The van der Waals surface area contributed by atoms with E-state index in [1.165, 1.54) is 11.9 Å². The lowest BCUT2D eigenvalue weighted by Crippen LogP contribution is -2.28. The molecule has 0 aliphatic heterocycles. The van der Waals surface area contributed by atoms with Gasteiger partial charge in [0.25, 0.3) is 0 Å². The summed E-state index contributed by atoms with van der Waals surface area (Å²) in [7, 11) is 1.77. The Kier molecular flexibility index (Phi) is 4.57. The largest absolute Gasteiger partial charge is 0.338 e. The standard InChI is InChI=1S/C13H16N4OS/c1-10-5-3-4-6-11(10)19-8-13(18)17(2)7-12-14-9-15-16-12/h3-6,9H,7-8H2,1-2H3,(H,14,15,16). The van der Waals surface area contributed by atoms with Crippen molar-refractivity contribution in [2.24, 2.45) is 0 Å². The highest BCUT2D eigenvalue weighted by molar-refractivity contribution is 8.00. The summed E-state index contributed by atoms with van der Waals surface area (Å²) in [6.07, 6.45) is 1.44. The van der Waals surface area contributed by atoms with E-state index < -0.39 is 0 Å². The van der Waals surface area contributed by atoms with Crippen LogP contribution in [0.1, 0.15) is 11.4 Å². The van der Waals surface area contributed by atoms with Crippen molar-refractivity contribution in [1.29, 1.82) is 0 Å². The van der Waals surface area contributed by atoms with Gasteiger partial charge in [-0.2, -0.15) is 5.10 Å². The number of benzene rings is 1. The van der Waals surface area contributed by atoms with E-state index in [2.05, 4.69) is 15.2 Å². The molecular formula is C13H16N4OS. The number of aryl methyl sites for hydroxylation is 1. The predicted molar refractivity (Wildman–Crippen MR) is 74.8 cm³/mol. The molecule has 6 heteroatoms. The van der Waals surface area contributed by atoms with Gasteiger partial charge in [0, 0.05) is 11.9 Å². The van der Waals surface area contributed by atoms with Crippen LogP contribution in [0.15, 0.2) is 35.5 Å². The number of nitrogens with one attached hydrogen (secondary N) is 1. The minimum absolute atomic E-state index is 0.0738. The first kappa shape index (κ1) is 13.6. The molecule has 1 aromatic carbocycles. The van der Waals surface area contributed by atoms with Crippen LogP contribution in [0.2, 0.25) is 0 Å². The smallest absolute Gasteiger partial charge is 0.233 e. The Balaban J connectivity index is 1.86. The molecule has 0 radical (unpaired) electrons. The molecule has 0 unspecified atom stereocenters. The second-order valence-electron chi connectivity index (χ2n) is 4.24. The van der Waals surface area contributed by atoms with Crippen LogP contribution >= 0.6 is 11.8 Å². The third kappa shape index (κ3) is 3.82. The van der Waals surface area contributed by atoms with Gasteiger partial charge in [0.1, 0.15) is 12.2 Å². The predicted octanol–water partition coefficient (Wildman–Crippen LogP) is 1.86. The maximum Gasteiger partial charge on any atom is 0.233 e. The Morgan fingerprint density at radius 3 is 2.89 bits per heavy atom. The van der Waals surface area contributed by atoms with E-state index in [1.807, 2.05) is 31.2 Å². The van der Waals surface area contributed by atoms with Crippen molar-refractivity contribution in [3.05, 3.63) is 42.0 Å². The lowest BCUT2D eigenvalue weighted by molar-refractivity contribution is -0.127. The quantitative estimate of drug-likeness (QED) is 0.847. The number of nitrogens with zero attached hydrogens (tertiary/aromatic N) is 3. The van der Waals surface area contributed by atoms with Gasteiger partial charge in [-0.15, -0.1) is 11.8 Å². The van der Waals surface area contributed by atoms with Gasteiger partial charge in [0.2, 0.25) is 5.91 Å². The summed E-state index contributed by atoms with van der Waals surface area (Å²) < 4.78 is 0. The molecule has 2 aromatic rings. The Bertz CT molecular complexity index is 541. The fourth-order valence-electron chi connectivity index (χ4n) is 1.59. The normalized spacial score (nSPS) is 10.4. The molecule has 0 saturated heterocycles. The van der Waals surface area contributed by atoms with Crippen LogP contribution in [-0.4, -0.2) is 38.8 Å². The van der Waals surface area contributed by atoms with Crippen LogP contribution in [-0.2, 0) is 11.3 Å². The van der Waals surface area contributed by atoms with Crippen molar-refractivity contribution in [2.75, 3.05) is 12.8 Å². The van der Waals surface area contributed by atoms with Gasteiger partial charge in [-0.05, 0) is 18.6 Å². The van der Waals surface area contributed by atoms with Gasteiger partial charge < -0.3 is 4.90 Å². The topological polar surface area (TPSA) is 61.9 Å². The molecule has 0 atom stereocenters. The molecule has 0 fully saturated rings. The molecule has 0 saturated carbocycles. The number of aromatic nitrogens is 3. The molecule has 0 aliphatic carbocycles. The van der Waals surface area contributed by atoms with Gasteiger partial charge in [0.15, 0.2) is 0 Å². The molecule has 19 heavy (non-hydrogen) atoms. The second kappa shape index (κ2) is 6.38. The highest BCUT2D eigenvalue weighted by atomic mass is 32.2. The van der Waals surface area contributed by atoms with Crippen LogP contribution in [0.25, 0.3) is 0 Å². The average Bonchev–Trinajstić information content (AvgIpc) is 2.90. The number of thioether (sulfide) groups is 1. The van der Waals surface area contributed by atoms with Crippen molar-refractivity contribution in [2.45, 2.75) is 18.4 Å². The van der Waals surface area contributed by atoms with Crippen LogP contribution in [0, 0.1) is 6.92 Å². The van der Waals surface area contributed by atoms with Crippen molar-refractivity contribution < 1.29 is 4.79 Å². The third-order valence-electron chi connectivity index (χ3n) is 2.72. The minimum Gasteiger partial charge on any atom is -0.338 e. The van der Waals surface area contributed by atoms with Crippen molar-refractivity contribution in [3.8, 4) is 0 Å². The summed E-state index contributed by atoms with van der Waals surface area (Å²) >= 11 is 1.56. The van der Waals surface area contributed by atoms with E-state index in [-0.39, 0.29) is 5.91 Å². The zero-order valence-corrected chi connectivity index (χ0v) is 11.8. The maximum absolute atomic E-state index is 12.0. The van der Waals surface area contributed by atoms with Gasteiger partial charge in [-0.1, -0.05) is 18.2 Å². The second-order valence-corrected chi connectivity index (χ2v) is 5.25. The zero-order chi connectivity index (χ0) is 13.7. The van der Waals surface area contributed by atoms with E-state index >= 15 is 0 Å². The van der Waals surface area contributed by atoms with E-state index in [9.17, 15) is 4.79 Å². The lowest BCUT2D eigenvalue weighted by Gasteiger charge is -2.15. The average molecular weight is 276 g/mol. The summed E-state index contributed by atoms with van der Waals surface area (Å²) in [5.41, 5.74) is 1.19. The molecule has 2 rings (SSSR count). The molecule has 0 bridgehead atoms. The molecule has 0 spiro atoms. The van der Waals surface area contributed by atoms with Crippen LogP contribution < -0.4 is 0 Å². The summed E-state index contributed by atoms with van der Waals surface area (Å²) in [5.74, 6) is 1.19. The summed E-state index contributed by atoms with van der Waals surface area (Å²) in [6, 6.07) is 8.06. The Hall–Kier alpha value is -1.82. The summed E-state index contributed by atoms with van der Waals surface area (Å²) in [4.78, 5) is 18.8. The Morgan fingerprint density at radius 2 is 2.21 bits per heavy atom. The summed E-state index contributed by atoms with van der Waals surface area (Å²) in [6.45, 7) is 2.50. The van der Waals surface area contributed by atoms with Gasteiger partial charge in [-0.3, -0.25) is 9.89 Å². The van der Waals surface area contributed by atoms with Gasteiger partial charge >= 0.3 is 0 Å². The Labute approximate surface area is 116 Å². The molecule has 100 valence electrons. The molecule has 5 nitrogen and oxygen atoms in total. The van der Waals surface area contributed by atoms with Crippen molar-refractivity contribution in [3.63, 3.8) is 0 Å². The Morgan fingerprint density at radius 1 is 1.42 bits per heavy atom. The number of hydrogen-bond acceptors (Lipinski definition) is 4. The molecule has 1 N–H and O–H groups in total. The number of carbonyl (C=O) groups excluding carboxylic acids is 1. The molecular weight excluding hydrogens is 260 g/mol. The van der Waals surface area contributed by atoms with E-state index in [0.29, 0.717) is 18.1 Å². The number of carbonyl (C=O) groups is 1. The summed E-state index contributed by atoms with van der Waals surface area (Å²) in [5, 5.41) is 6.50. The van der Waals surface area contributed by atoms with Crippen molar-refractivity contribution >= 4 is 17.7 Å². The highest BCUT2D eigenvalue weighted by Gasteiger charge is 2.11. The van der Waals surface area contributed by atoms with Crippen LogP contribution in [0.3, 0.4) is 0 Å². The molecule has 0 aliphatic rings. The van der Waals surface area contributed by atoms with Crippen LogP contribution in [0.4, 0.5) is 0 Å². The maximum atomic E-state index is 12.0. The number of aromatic amines is 1.